The maximum absolute atomic E-state index is 10.8. The first-order chi connectivity index (χ1) is 5.22. The molecule has 1 amide bonds. The van der Waals surface area contributed by atoms with E-state index in [2.05, 4.69) is 18.0 Å². The summed E-state index contributed by atoms with van der Waals surface area (Å²) in [6, 6.07) is 2.10. The molecule has 0 saturated heterocycles. The van der Waals surface area contributed by atoms with E-state index < -0.39 is 5.54 Å². The van der Waals surface area contributed by atoms with Gasteiger partial charge in [-0.1, -0.05) is 6.58 Å². The fourth-order valence-electron chi connectivity index (χ4n) is 1.08. The van der Waals surface area contributed by atoms with Crippen molar-refractivity contribution in [3.63, 3.8) is 0 Å². The van der Waals surface area contributed by atoms with Crippen LogP contribution >= 0.6 is 0 Å². The second-order valence-electron chi connectivity index (χ2n) is 2.74. The molecule has 1 saturated carbocycles. The van der Waals surface area contributed by atoms with E-state index in [1.807, 2.05) is 0 Å². The molecular weight excluding hydrogens is 140 g/mol. The Morgan fingerprint density at radius 2 is 2.36 bits per heavy atom. The van der Waals surface area contributed by atoms with Gasteiger partial charge in [0, 0.05) is 0 Å². The molecular formula is C8H10N2O. The summed E-state index contributed by atoms with van der Waals surface area (Å²) in [7, 11) is 0. The minimum absolute atomic E-state index is 0.258. The monoisotopic (exact) mass is 150 g/mol. The number of rotatable bonds is 2. The second-order valence-corrected chi connectivity index (χ2v) is 2.74. The van der Waals surface area contributed by atoms with Gasteiger partial charge in [-0.05, 0) is 25.3 Å². The summed E-state index contributed by atoms with van der Waals surface area (Å²) in [5.74, 6) is -0.258. The number of carbonyl (C=O) groups is 1. The molecule has 0 aromatic heterocycles. The molecule has 1 aliphatic rings. The molecule has 0 unspecified atom stereocenters. The van der Waals surface area contributed by atoms with Crippen molar-refractivity contribution < 1.29 is 4.79 Å². The minimum atomic E-state index is -0.578. The fraction of sp³-hybridized carbons (Fsp3) is 0.500. The minimum Gasteiger partial charge on any atom is -0.334 e. The van der Waals surface area contributed by atoms with Crippen LogP contribution in [0.1, 0.15) is 19.3 Å². The van der Waals surface area contributed by atoms with Crippen molar-refractivity contribution in [1.82, 2.24) is 5.32 Å². The zero-order valence-corrected chi connectivity index (χ0v) is 6.26. The van der Waals surface area contributed by atoms with E-state index in [4.69, 9.17) is 5.26 Å². The molecule has 3 heteroatoms. The van der Waals surface area contributed by atoms with Crippen LogP contribution in [0.5, 0.6) is 0 Å². The van der Waals surface area contributed by atoms with Gasteiger partial charge in [-0.25, -0.2) is 0 Å². The lowest BCUT2D eigenvalue weighted by molar-refractivity contribution is -0.118. The second kappa shape index (κ2) is 2.75. The lowest BCUT2D eigenvalue weighted by Gasteiger charge is -2.35. The molecule has 0 bridgehead atoms. The molecule has 0 aromatic carbocycles. The Bertz CT molecular complexity index is 223. The maximum atomic E-state index is 10.8. The quantitative estimate of drug-likeness (QED) is 0.590. The van der Waals surface area contributed by atoms with Gasteiger partial charge in [-0.15, -0.1) is 0 Å². The Hall–Kier alpha value is -1.30. The van der Waals surface area contributed by atoms with Gasteiger partial charge in [0.25, 0.3) is 0 Å². The number of carbonyl (C=O) groups excluding carboxylic acids is 1. The van der Waals surface area contributed by atoms with Gasteiger partial charge in [-0.3, -0.25) is 4.79 Å². The highest BCUT2D eigenvalue weighted by Gasteiger charge is 2.37. The first-order valence-electron chi connectivity index (χ1n) is 3.58. The summed E-state index contributed by atoms with van der Waals surface area (Å²) in [5.41, 5.74) is -0.578. The van der Waals surface area contributed by atoms with Gasteiger partial charge < -0.3 is 5.32 Å². The van der Waals surface area contributed by atoms with E-state index in [1.54, 1.807) is 0 Å². The molecule has 11 heavy (non-hydrogen) atoms. The average molecular weight is 150 g/mol. The number of amides is 1. The lowest BCUT2D eigenvalue weighted by Crippen LogP contribution is -2.51. The highest BCUT2D eigenvalue weighted by atomic mass is 16.1. The topological polar surface area (TPSA) is 52.9 Å². The molecule has 1 rings (SSSR count). The summed E-state index contributed by atoms with van der Waals surface area (Å²) in [6.45, 7) is 3.32. The van der Waals surface area contributed by atoms with Crippen LogP contribution in [0.4, 0.5) is 0 Å². The number of nitriles is 1. The van der Waals surface area contributed by atoms with E-state index >= 15 is 0 Å². The number of hydrogen-bond acceptors (Lipinski definition) is 2. The zero-order chi connectivity index (χ0) is 8.32. The summed E-state index contributed by atoms with van der Waals surface area (Å²) in [5, 5.41) is 11.3. The normalized spacial score (nSPS) is 19.2. The molecule has 0 atom stereocenters. The van der Waals surface area contributed by atoms with Gasteiger partial charge in [0.2, 0.25) is 5.91 Å². The third kappa shape index (κ3) is 1.40. The Kier molecular flexibility index (Phi) is 1.95. The van der Waals surface area contributed by atoms with Gasteiger partial charge in [0.15, 0.2) is 0 Å². The summed E-state index contributed by atoms with van der Waals surface area (Å²) < 4.78 is 0. The van der Waals surface area contributed by atoms with Crippen LogP contribution in [0, 0.1) is 11.3 Å². The van der Waals surface area contributed by atoms with Crippen LogP contribution in [0.15, 0.2) is 12.7 Å². The molecule has 3 nitrogen and oxygen atoms in total. The summed E-state index contributed by atoms with van der Waals surface area (Å²) in [6.07, 6.45) is 3.74. The molecule has 1 fully saturated rings. The average Bonchev–Trinajstić information content (AvgIpc) is 1.96. The molecule has 1 aliphatic carbocycles. The largest absolute Gasteiger partial charge is 0.334 e. The van der Waals surface area contributed by atoms with Crippen molar-refractivity contribution in [3.05, 3.63) is 12.7 Å². The standard InChI is InChI=1S/C8H10N2O/c1-2-7(11)10-8(6-9)4-3-5-8/h2H,1,3-5H2,(H,10,11). The zero-order valence-electron chi connectivity index (χ0n) is 6.26. The van der Waals surface area contributed by atoms with Crippen LogP contribution < -0.4 is 5.32 Å². The summed E-state index contributed by atoms with van der Waals surface area (Å²) in [4.78, 5) is 10.8. The Morgan fingerprint density at radius 3 is 2.64 bits per heavy atom. The molecule has 0 aromatic rings. The lowest BCUT2D eigenvalue weighted by atomic mass is 9.78. The van der Waals surface area contributed by atoms with Gasteiger partial charge in [-0.2, -0.15) is 5.26 Å². The SMILES string of the molecule is C=CC(=O)NC1(C#N)CCC1. The Morgan fingerprint density at radius 1 is 1.73 bits per heavy atom. The van der Waals surface area contributed by atoms with Crippen molar-refractivity contribution in [2.45, 2.75) is 24.8 Å². The van der Waals surface area contributed by atoms with E-state index in [-0.39, 0.29) is 5.91 Å². The predicted molar refractivity (Wildman–Crippen MR) is 40.5 cm³/mol. The van der Waals surface area contributed by atoms with Crippen molar-refractivity contribution >= 4 is 5.91 Å². The van der Waals surface area contributed by atoms with Crippen LogP contribution in [-0.4, -0.2) is 11.4 Å². The van der Waals surface area contributed by atoms with E-state index in [9.17, 15) is 4.79 Å². The van der Waals surface area contributed by atoms with E-state index in [1.165, 1.54) is 6.08 Å². The van der Waals surface area contributed by atoms with Crippen LogP contribution in [0.2, 0.25) is 0 Å². The first-order valence-corrected chi connectivity index (χ1v) is 3.58. The van der Waals surface area contributed by atoms with Crippen molar-refractivity contribution in [3.8, 4) is 6.07 Å². The van der Waals surface area contributed by atoms with Crippen LogP contribution in [0.25, 0.3) is 0 Å². The molecule has 58 valence electrons. The molecule has 0 radical (unpaired) electrons. The Labute approximate surface area is 65.7 Å². The molecule has 0 aliphatic heterocycles. The van der Waals surface area contributed by atoms with Crippen molar-refractivity contribution in [2.75, 3.05) is 0 Å². The van der Waals surface area contributed by atoms with Crippen LogP contribution in [-0.2, 0) is 4.79 Å². The van der Waals surface area contributed by atoms with Crippen molar-refractivity contribution in [1.29, 1.82) is 5.26 Å². The van der Waals surface area contributed by atoms with Crippen molar-refractivity contribution in [2.24, 2.45) is 0 Å². The number of nitrogens with zero attached hydrogens (tertiary/aromatic N) is 1. The van der Waals surface area contributed by atoms with Gasteiger partial charge in [0.05, 0.1) is 6.07 Å². The smallest absolute Gasteiger partial charge is 0.244 e. The molecule has 1 N–H and O–H groups in total. The third-order valence-electron chi connectivity index (χ3n) is 1.97. The number of nitrogens with one attached hydrogen (secondary N) is 1. The highest BCUT2D eigenvalue weighted by Crippen LogP contribution is 2.30. The fourth-order valence-corrected chi connectivity index (χ4v) is 1.08. The number of hydrogen-bond donors (Lipinski definition) is 1. The summed E-state index contributed by atoms with van der Waals surface area (Å²) >= 11 is 0. The van der Waals surface area contributed by atoms with Gasteiger partial charge >= 0.3 is 0 Å². The molecule has 0 spiro atoms. The Balaban J connectivity index is 2.53. The van der Waals surface area contributed by atoms with Gasteiger partial charge in [0.1, 0.15) is 5.54 Å². The highest BCUT2D eigenvalue weighted by molar-refractivity contribution is 5.87. The maximum Gasteiger partial charge on any atom is 0.244 e. The van der Waals surface area contributed by atoms with Crippen LogP contribution in [0.3, 0.4) is 0 Å². The third-order valence-corrected chi connectivity index (χ3v) is 1.97. The molecule has 0 heterocycles. The first kappa shape index (κ1) is 7.80. The van der Waals surface area contributed by atoms with E-state index in [0.717, 1.165) is 19.3 Å². The van der Waals surface area contributed by atoms with E-state index in [0.29, 0.717) is 0 Å². The predicted octanol–water partition coefficient (Wildman–Crippen LogP) is 0.735.